The lowest BCUT2D eigenvalue weighted by molar-refractivity contribution is -0.176. The number of hydrogen-bond acceptors (Lipinski definition) is 16. The number of ether oxygens (including phenoxy) is 4. The number of carbonyl (C=O) groups excluding carboxylic acids is 10. The van der Waals surface area contributed by atoms with E-state index in [1.165, 1.54) is 54.4 Å². The molecule has 92 heavy (non-hydrogen) atoms. The molecule has 1 saturated heterocycles. The minimum Gasteiger partial charge on any atom is -0.451 e. The first kappa shape index (κ1) is 71.0. The number of hydrogen-bond donors (Lipinski definition) is 2. The monoisotopic (exact) mass is 1270 g/mol. The van der Waals surface area contributed by atoms with E-state index in [0.29, 0.717) is 28.8 Å². The topological polar surface area (TPSA) is 280 Å². The number of rotatable bonds is 20. The molecular weight excluding hydrogens is 1180 g/mol. The smallest absolute Gasteiger partial charge is 0.329 e. The zero-order valence-corrected chi connectivity index (χ0v) is 55.8. The maximum Gasteiger partial charge on any atom is 0.329 e. The van der Waals surface area contributed by atoms with Crippen molar-refractivity contribution < 1.29 is 66.9 Å². The van der Waals surface area contributed by atoms with Gasteiger partial charge in [-0.25, -0.2) is 19.2 Å². The predicted octanol–water partition coefficient (Wildman–Crippen LogP) is 5.94. The van der Waals surface area contributed by atoms with Crippen LogP contribution in [0.15, 0.2) is 73.3 Å². The summed E-state index contributed by atoms with van der Waals surface area (Å²) in [6.07, 6.45) is 3.55. The first-order chi connectivity index (χ1) is 43.5. The van der Waals surface area contributed by atoms with Crippen LogP contribution in [0.2, 0.25) is 0 Å². The molecule has 2 aromatic heterocycles. The number of cyclic esters (lactones) is 4. The summed E-state index contributed by atoms with van der Waals surface area (Å²) in [5.41, 5.74) is 3.48. The molecule has 3 fully saturated rings. The Balaban J connectivity index is 1.22. The van der Waals surface area contributed by atoms with Gasteiger partial charge in [-0.2, -0.15) is 10.2 Å². The molecular formula is C68H94N10O14. The lowest BCUT2D eigenvalue weighted by atomic mass is 9.99. The minimum absolute atomic E-state index is 0.0425. The molecule has 4 aromatic rings. The van der Waals surface area contributed by atoms with Crippen LogP contribution in [0.1, 0.15) is 164 Å². The molecule has 0 spiro atoms. The van der Waals surface area contributed by atoms with Crippen molar-refractivity contribution in [3.8, 4) is 0 Å². The molecule has 7 rings (SSSR count). The molecule has 0 radical (unpaired) electrons. The van der Waals surface area contributed by atoms with E-state index in [4.69, 9.17) is 18.9 Å². The van der Waals surface area contributed by atoms with Crippen LogP contribution in [0.5, 0.6) is 0 Å². The van der Waals surface area contributed by atoms with E-state index in [-0.39, 0.29) is 92.6 Å². The summed E-state index contributed by atoms with van der Waals surface area (Å²) in [4.78, 5) is 149. The molecule has 2 aromatic carbocycles. The summed E-state index contributed by atoms with van der Waals surface area (Å²) in [6, 6.07) is 9.28. The highest BCUT2D eigenvalue weighted by molar-refractivity contribution is 5.96. The Morgan fingerprint density at radius 3 is 1.15 bits per heavy atom. The van der Waals surface area contributed by atoms with Crippen molar-refractivity contribution in [2.24, 2.45) is 23.7 Å². The second-order valence-electron chi connectivity index (χ2n) is 26.8. The Labute approximate surface area is 539 Å². The van der Waals surface area contributed by atoms with E-state index in [2.05, 4.69) is 20.8 Å². The maximum absolute atomic E-state index is 15.2. The summed E-state index contributed by atoms with van der Waals surface area (Å²) in [6.45, 7) is 17.9. The van der Waals surface area contributed by atoms with E-state index in [1.54, 1.807) is 52.1 Å². The van der Waals surface area contributed by atoms with Crippen molar-refractivity contribution >= 4 is 59.3 Å². The molecule has 3 heterocycles. The van der Waals surface area contributed by atoms with Gasteiger partial charge in [-0.1, -0.05) is 104 Å². The Kier molecular flexibility index (Phi) is 24.5. The first-order valence-corrected chi connectivity index (χ1v) is 32.2. The summed E-state index contributed by atoms with van der Waals surface area (Å²) >= 11 is 0. The number of benzene rings is 2. The molecule has 3 aliphatic rings. The van der Waals surface area contributed by atoms with Gasteiger partial charge in [-0.3, -0.25) is 38.1 Å². The van der Waals surface area contributed by atoms with Gasteiger partial charge in [0, 0.05) is 65.5 Å². The van der Waals surface area contributed by atoms with Crippen LogP contribution in [0.3, 0.4) is 0 Å². The van der Waals surface area contributed by atoms with Gasteiger partial charge in [-0.15, -0.1) is 0 Å². The lowest BCUT2D eigenvalue weighted by Gasteiger charge is -2.35. The number of nitrogens with one attached hydrogen (secondary N) is 2. The van der Waals surface area contributed by atoms with Crippen LogP contribution in [-0.4, -0.2) is 187 Å². The summed E-state index contributed by atoms with van der Waals surface area (Å²) in [5, 5.41) is 14.7. The number of nitrogens with zero attached hydrogens (tertiary/aromatic N) is 8. The van der Waals surface area contributed by atoms with Gasteiger partial charge in [-0.05, 0) is 111 Å². The molecule has 24 nitrogen and oxygen atoms in total. The van der Waals surface area contributed by atoms with Gasteiger partial charge < -0.3 is 49.2 Å². The fraction of sp³-hybridized carbons (Fsp3) is 0.588. The third-order valence-corrected chi connectivity index (χ3v) is 16.6. The maximum atomic E-state index is 15.2. The van der Waals surface area contributed by atoms with Gasteiger partial charge in [0.15, 0.2) is 24.4 Å². The molecule has 6 amide bonds. The molecule has 0 bridgehead atoms. The zero-order valence-electron chi connectivity index (χ0n) is 55.8. The molecule has 8 atom stereocenters. The molecule has 2 aliphatic carbocycles. The standard InChI is InChI=1S/C68H94N10O14/c1-39(2)26-53-65(85)89-44(10)62(82)74(12)56(29-42(7)8)68(88)92-58(32-47-16-15-17-48(30-47)36-78-38-50(34-70-78)60(80)72-52-24-25-52)64(84)76(14)54(27-40(3)4)66(86)90-43(9)61(81)73(11)55(28-41(5)6)67(87)91-57(63(83)75(53)13)31-45-18-20-46(21-19-45)35-77-37-49(33-69-77)59(79)71-51-22-23-51/h15-21,30,33-34,37-44,51-58H,22-29,31-32,35-36H2,1-14H3,(H,71,79)(H,72,80)/t43-,44-,53+,54+,55+,56+,57-,58-/m1/s1. The van der Waals surface area contributed by atoms with E-state index >= 15 is 9.59 Å². The second kappa shape index (κ2) is 31.7. The van der Waals surface area contributed by atoms with E-state index in [0.717, 1.165) is 56.4 Å². The summed E-state index contributed by atoms with van der Waals surface area (Å²) in [5.74, 6) is -8.31. The van der Waals surface area contributed by atoms with Crippen LogP contribution in [0, 0.1) is 23.7 Å². The number of esters is 4. The van der Waals surface area contributed by atoms with Crippen LogP contribution < -0.4 is 10.6 Å². The van der Waals surface area contributed by atoms with Crippen molar-refractivity contribution in [3.63, 3.8) is 0 Å². The van der Waals surface area contributed by atoms with Crippen LogP contribution in [0.25, 0.3) is 0 Å². The highest BCUT2D eigenvalue weighted by Gasteiger charge is 2.43. The third kappa shape index (κ3) is 19.8. The van der Waals surface area contributed by atoms with E-state index < -0.39 is 96.1 Å². The average molecular weight is 1280 g/mol. The van der Waals surface area contributed by atoms with Gasteiger partial charge in [0.2, 0.25) is 0 Å². The molecule has 2 N–H and O–H groups in total. The van der Waals surface area contributed by atoms with Crippen molar-refractivity contribution in [2.45, 2.75) is 207 Å². The Morgan fingerprint density at radius 1 is 0.457 bits per heavy atom. The number of likely N-dealkylation sites (N-methyl/N-ethyl adjacent to an activating group) is 4. The largest absolute Gasteiger partial charge is 0.451 e. The van der Waals surface area contributed by atoms with Crippen LogP contribution in [-0.2, 0) is 83.2 Å². The summed E-state index contributed by atoms with van der Waals surface area (Å²) in [7, 11) is 5.49. The van der Waals surface area contributed by atoms with Gasteiger partial charge in [0.25, 0.3) is 35.4 Å². The molecule has 0 unspecified atom stereocenters. The van der Waals surface area contributed by atoms with Gasteiger partial charge in [0.05, 0.1) is 36.6 Å². The SMILES string of the molecule is CC(C)C[C@H]1C(=O)O[C@H](Cc2cccc(Cn3cc(C(=O)NC4CC4)cn3)c2)C(=O)N(C)[C@@H](CC(C)C)C(=O)O[C@H](C)C(=O)N(C)[C@@H](CC(C)C)C(=O)O[C@H](Cc2ccc(Cn3cc(C(=O)NC4CC4)cn3)cc2)C(=O)N(C)[C@@H](CC(C)C)C(=O)O[C@H](C)C(=O)N1C. The quantitative estimate of drug-likeness (QED) is 0.0765. The third-order valence-electron chi connectivity index (χ3n) is 16.6. The van der Waals surface area contributed by atoms with Crippen LogP contribution in [0.4, 0.5) is 0 Å². The zero-order chi connectivity index (χ0) is 67.4. The number of amides is 6. The van der Waals surface area contributed by atoms with Crippen molar-refractivity contribution in [3.05, 3.63) is 107 Å². The average Bonchev–Trinajstić information content (AvgIpc) is 1.04. The van der Waals surface area contributed by atoms with Crippen LogP contribution >= 0.6 is 0 Å². The lowest BCUT2D eigenvalue weighted by Crippen LogP contribution is -2.55. The number of aromatic nitrogens is 4. The normalized spacial score (nSPS) is 23.2. The fourth-order valence-electron chi connectivity index (χ4n) is 11.0. The first-order valence-electron chi connectivity index (χ1n) is 32.2. The summed E-state index contributed by atoms with van der Waals surface area (Å²) < 4.78 is 27.6. The predicted molar refractivity (Wildman–Crippen MR) is 339 cm³/mol. The van der Waals surface area contributed by atoms with E-state index in [9.17, 15) is 38.4 Å². The van der Waals surface area contributed by atoms with Crippen molar-refractivity contribution in [1.82, 2.24) is 49.8 Å². The highest BCUT2D eigenvalue weighted by Crippen LogP contribution is 2.26. The fourth-order valence-corrected chi connectivity index (χ4v) is 11.0. The Hall–Kier alpha value is -8.44. The van der Waals surface area contributed by atoms with Gasteiger partial charge in [0.1, 0.15) is 24.2 Å². The van der Waals surface area contributed by atoms with Crippen molar-refractivity contribution in [1.29, 1.82) is 0 Å². The minimum atomic E-state index is -1.61. The van der Waals surface area contributed by atoms with Crippen molar-refractivity contribution in [2.75, 3.05) is 28.2 Å². The number of carbonyl (C=O) groups is 10. The molecule has 500 valence electrons. The molecule has 2 saturated carbocycles. The molecule has 24 heteroatoms. The molecule has 1 aliphatic heterocycles. The Bertz CT molecular complexity index is 3260. The highest BCUT2D eigenvalue weighted by atomic mass is 16.6. The van der Waals surface area contributed by atoms with Gasteiger partial charge >= 0.3 is 23.9 Å². The van der Waals surface area contributed by atoms with E-state index in [1.807, 2.05) is 73.6 Å². The second-order valence-corrected chi connectivity index (χ2v) is 26.8. The Morgan fingerprint density at radius 2 is 0.783 bits per heavy atom.